The fourth-order valence-corrected chi connectivity index (χ4v) is 4.18. The smallest absolute Gasteiger partial charge is 0.226 e. The van der Waals surface area contributed by atoms with Gasteiger partial charge >= 0.3 is 0 Å². The first-order chi connectivity index (χ1) is 13.7. The molecular formula is C24H28N2O2. The van der Waals surface area contributed by atoms with Crippen molar-refractivity contribution in [2.24, 2.45) is 5.92 Å². The predicted octanol–water partition coefficient (Wildman–Crippen LogP) is 5.19. The fraction of sp³-hybridized carbons (Fsp3) is 0.458. The highest BCUT2D eigenvalue weighted by Crippen LogP contribution is 2.31. The van der Waals surface area contributed by atoms with Gasteiger partial charge in [0.1, 0.15) is 5.76 Å². The molecule has 0 amide bonds. The van der Waals surface area contributed by atoms with Crippen molar-refractivity contribution >= 4 is 10.8 Å². The largest absolute Gasteiger partial charge is 0.441 e. The Kier molecular flexibility index (Phi) is 4.91. The molecule has 4 nitrogen and oxygen atoms in total. The average Bonchev–Trinajstić information content (AvgIpc) is 3.23. The monoisotopic (exact) mass is 376 g/mol. The third-order valence-corrected chi connectivity index (χ3v) is 5.96. The van der Waals surface area contributed by atoms with Gasteiger partial charge in [-0.1, -0.05) is 30.3 Å². The molecule has 3 aromatic rings. The number of benzene rings is 2. The highest BCUT2D eigenvalue weighted by Gasteiger charge is 2.28. The molecule has 1 saturated carbocycles. The zero-order chi connectivity index (χ0) is 18.9. The third-order valence-electron chi connectivity index (χ3n) is 5.96. The Hall–Kier alpha value is -2.17. The lowest BCUT2D eigenvalue weighted by Gasteiger charge is -2.24. The number of oxazole rings is 1. The Morgan fingerprint density at radius 1 is 1.04 bits per heavy atom. The van der Waals surface area contributed by atoms with Crippen molar-refractivity contribution in [1.82, 2.24) is 9.88 Å². The van der Waals surface area contributed by atoms with Crippen molar-refractivity contribution in [1.29, 1.82) is 0 Å². The molecule has 1 atom stereocenters. The van der Waals surface area contributed by atoms with Gasteiger partial charge in [0.15, 0.2) is 0 Å². The van der Waals surface area contributed by atoms with Crippen molar-refractivity contribution in [3.8, 4) is 11.5 Å². The summed E-state index contributed by atoms with van der Waals surface area (Å²) in [4.78, 5) is 7.41. The summed E-state index contributed by atoms with van der Waals surface area (Å²) in [6.07, 6.45) is 5.48. The Labute approximate surface area is 166 Å². The second-order valence-corrected chi connectivity index (χ2v) is 8.36. The van der Waals surface area contributed by atoms with E-state index >= 15 is 0 Å². The summed E-state index contributed by atoms with van der Waals surface area (Å²) < 4.78 is 12.0. The fourth-order valence-electron chi connectivity index (χ4n) is 4.18. The molecule has 0 radical (unpaired) electrons. The summed E-state index contributed by atoms with van der Waals surface area (Å²) in [5.41, 5.74) is 2.10. The molecule has 28 heavy (non-hydrogen) atoms. The maximum atomic E-state index is 6.07. The van der Waals surface area contributed by atoms with Crippen molar-refractivity contribution in [2.75, 3.05) is 19.7 Å². The molecular weight excluding hydrogens is 348 g/mol. The van der Waals surface area contributed by atoms with E-state index in [1.54, 1.807) is 0 Å². The molecule has 0 N–H and O–H groups in total. The van der Waals surface area contributed by atoms with Gasteiger partial charge in [-0.3, -0.25) is 4.90 Å². The number of aromatic nitrogens is 1. The highest BCUT2D eigenvalue weighted by atomic mass is 16.5. The summed E-state index contributed by atoms with van der Waals surface area (Å²) in [5.74, 6) is 2.51. The van der Waals surface area contributed by atoms with Crippen LogP contribution in [0.1, 0.15) is 37.1 Å². The van der Waals surface area contributed by atoms with Crippen LogP contribution >= 0.6 is 0 Å². The first-order valence-corrected chi connectivity index (χ1v) is 10.5. The molecule has 1 saturated heterocycles. The van der Waals surface area contributed by atoms with Gasteiger partial charge in [0.2, 0.25) is 5.89 Å². The van der Waals surface area contributed by atoms with Crippen LogP contribution in [0.5, 0.6) is 0 Å². The van der Waals surface area contributed by atoms with E-state index in [0.29, 0.717) is 6.10 Å². The van der Waals surface area contributed by atoms with E-state index < -0.39 is 0 Å². The van der Waals surface area contributed by atoms with Crippen LogP contribution in [0.25, 0.3) is 22.2 Å². The Bertz CT molecular complexity index is 954. The maximum Gasteiger partial charge on any atom is 0.226 e. The van der Waals surface area contributed by atoms with Gasteiger partial charge in [-0.15, -0.1) is 0 Å². The topological polar surface area (TPSA) is 38.5 Å². The molecule has 0 spiro atoms. The molecule has 1 aliphatic carbocycles. The lowest BCUT2D eigenvalue weighted by Crippen LogP contribution is -2.33. The number of nitrogens with zero attached hydrogens (tertiary/aromatic N) is 2. The second kappa shape index (κ2) is 7.69. The van der Waals surface area contributed by atoms with Crippen molar-refractivity contribution in [3.63, 3.8) is 0 Å². The molecule has 2 fully saturated rings. The third kappa shape index (κ3) is 3.98. The summed E-state index contributed by atoms with van der Waals surface area (Å²) in [5, 5.41) is 2.45. The number of rotatable bonds is 7. The molecule has 5 rings (SSSR count). The van der Waals surface area contributed by atoms with Gasteiger partial charge in [0.05, 0.1) is 11.8 Å². The highest BCUT2D eigenvalue weighted by molar-refractivity contribution is 5.86. The van der Waals surface area contributed by atoms with Crippen LogP contribution in [-0.2, 0) is 11.3 Å². The number of aryl methyl sites for hydroxylation is 1. The maximum absolute atomic E-state index is 6.07. The van der Waals surface area contributed by atoms with E-state index in [-0.39, 0.29) is 0 Å². The molecule has 1 aromatic heterocycles. The quantitative estimate of drug-likeness (QED) is 0.568. The summed E-state index contributed by atoms with van der Waals surface area (Å²) >= 11 is 0. The molecule has 2 aliphatic rings. The van der Waals surface area contributed by atoms with Gasteiger partial charge < -0.3 is 9.15 Å². The van der Waals surface area contributed by atoms with E-state index in [1.165, 1.54) is 36.5 Å². The van der Waals surface area contributed by atoms with Crippen molar-refractivity contribution in [2.45, 2.75) is 45.3 Å². The van der Waals surface area contributed by atoms with E-state index in [2.05, 4.69) is 47.4 Å². The normalized spacial score (nSPS) is 19.7. The van der Waals surface area contributed by atoms with Crippen LogP contribution in [0.4, 0.5) is 0 Å². The number of ether oxygens (including phenoxy) is 1. The molecule has 146 valence electrons. The van der Waals surface area contributed by atoms with E-state index in [1.807, 2.05) is 6.92 Å². The SMILES string of the molecule is Cc1oc(-c2ccc3ccccc3c2)nc1CN(CC1CC1)CC1CCCO1. The van der Waals surface area contributed by atoms with Gasteiger partial charge in [-0.25, -0.2) is 4.98 Å². The lowest BCUT2D eigenvalue weighted by atomic mass is 10.1. The molecule has 2 heterocycles. The van der Waals surface area contributed by atoms with Gasteiger partial charge in [0.25, 0.3) is 0 Å². The number of hydrogen-bond acceptors (Lipinski definition) is 4. The summed E-state index contributed by atoms with van der Waals surface area (Å²) in [6.45, 7) is 5.95. The average molecular weight is 377 g/mol. The van der Waals surface area contributed by atoms with Gasteiger partial charge in [0, 0.05) is 31.8 Å². The Balaban J connectivity index is 1.36. The minimum absolute atomic E-state index is 0.380. The van der Waals surface area contributed by atoms with E-state index in [9.17, 15) is 0 Å². The molecule has 0 bridgehead atoms. The van der Waals surface area contributed by atoms with E-state index in [4.69, 9.17) is 14.1 Å². The molecule has 4 heteroatoms. The van der Waals surface area contributed by atoms with Gasteiger partial charge in [-0.2, -0.15) is 0 Å². The lowest BCUT2D eigenvalue weighted by molar-refractivity contribution is 0.0684. The molecule has 2 aromatic carbocycles. The molecule has 1 aliphatic heterocycles. The molecule has 1 unspecified atom stereocenters. The number of hydrogen-bond donors (Lipinski definition) is 0. The summed E-state index contributed by atoms with van der Waals surface area (Å²) in [7, 11) is 0. The predicted molar refractivity (Wildman–Crippen MR) is 111 cm³/mol. The Morgan fingerprint density at radius 2 is 1.89 bits per heavy atom. The van der Waals surface area contributed by atoms with Crippen LogP contribution in [0.2, 0.25) is 0 Å². The Morgan fingerprint density at radius 3 is 2.68 bits per heavy atom. The zero-order valence-electron chi connectivity index (χ0n) is 16.6. The van der Waals surface area contributed by atoms with Crippen LogP contribution in [0.15, 0.2) is 46.9 Å². The first-order valence-electron chi connectivity index (χ1n) is 10.5. The first kappa shape index (κ1) is 17.9. The summed E-state index contributed by atoms with van der Waals surface area (Å²) in [6, 6.07) is 14.8. The number of fused-ring (bicyclic) bond motifs is 1. The van der Waals surface area contributed by atoms with Gasteiger partial charge in [-0.05, 0) is 61.4 Å². The minimum atomic E-state index is 0.380. The standard InChI is InChI=1S/C24H28N2O2/c1-17-23(16-26(14-18-8-9-18)15-22-7-4-12-27-22)25-24(28-17)21-11-10-19-5-2-3-6-20(19)13-21/h2-3,5-6,10-11,13,18,22H,4,7-9,12,14-16H2,1H3. The van der Waals surface area contributed by atoms with Crippen molar-refractivity contribution < 1.29 is 9.15 Å². The van der Waals surface area contributed by atoms with Crippen LogP contribution in [-0.4, -0.2) is 35.7 Å². The van der Waals surface area contributed by atoms with Crippen molar-refractivity contribution in [3.05, 3.63) is 53.9 Å². The van der Waals surface area contributed by atoms with Crippen LogP contribution < -0.4 is 0 Å². The van der Waals surface area contributed by atoms with Crippen LogP contribution in [0, 0.1) is 12.8 Å². The van der Waals surface area contributed by atoms with E-state index in [0.717, 1.165) is 55.1 Å². The minimum Gasteiger partial charge on any atom is -0.441 e. The zero-order valence-corrected chi connectivity index (χ0v) is 16.6. The van der Waals surface area contributed by atoms with Crippen LogP contribution in [0.3, 0.4) is 0 Å². The second-order valence-electron chi connectivity index (χ2n) is 8.36.